The molecule has 0 bridgehead atoms. The van der Waals surface area contributed by atoms with Crippen molar-refractivity contribution in [2.24, 2.45) is 0 Å². The van der Waals surface area contributed by atoms with Crippen LogP contribution >= 0.6 is 0 Å². The Morgan fingerprint density at radius 3 is 2.57 bits per heavy atom. The van der Waals surface area contributed by atoms with Gasteiger partial charge in [-0.1, -0.05) is 0 Å². The molecule has 0 aromatic carbocycles. The number of hydrogen-bond donors (Lipinski definition) is 1. The number of aromatic nitrogens is 2. The number of aryl methyl sites for hydroxylation is 2. The highest BCUT2D eigenvalue weighted by molar-refractivity contribution is 5.11. The molecule has 2 heterocycles. The first-order valence-corrected chi connectivity index (χ1v) is 4.95. The number of nitrogens with one attached hydrogen (secondary N) is 1. The molecular formula is C10H15N4. The third-order valence-electron chi connectivity index (χ3n) is 2.27. The fourth-order valence-corrected chi connectivity index (χ4v) is 1.68. The maximum atomic E-state index is 4.49. The predicted octanol–water partition coefficient (Wildman–Crippen LogP) is 0.342. The summed E-state index contributed by atoms with van der Waals surface area (Å²) in [4.78, 5) is 8.83. The predicted molar refractivity (Wildman–Crippen MR) is 54.1 cm³/mol. The molecule has 0 spiro atoms. The van der Waals surface area contributed by atoms with Crippen LogP contribution in [0.1, 0.15) is 23.3 Å². The lowest BCUT2D eigenvalue weighted by Gasteiger charge is -2.21. The average molecular weight is 191 g/mol. The van der Waals surface area contributed by atoms with E-state index in [1.165, 1.54) is 0 Å². The molecule has 1 saturated heterocycles. The zero-order valence-electron chi connectivity index (χ0n) is 8.62. The van der Waals surface area contributed by atoms with E-state index in [2.05, 4.69) is 20.6 Å². The average Bonchev–Trinajstić information content (AvgIpc) is 2.18. The second-order valence-electron chi connectivity index (χ2n) is 3.64. The van der Waals surface area contributed by atoms with Gasteiger partial charge in [0, 0.05) is 31.0 Å². The van der Waals surface area contributed by atoms with Crippen LogP contribution in [0, 0.1) is 13.8 Å². The van der Waals surface area contributed by atoms with Crippen molar-refractivity contribution < 1.29 is 0 Å². The van der Waals surface area contributed by atoms with Gasteiger partial charge in [-0.3, -0.25) is 0 Å². The van der Waals surface area contributed by atoms with Gasteiger partial charge in [-0.25, -0.2) is 15.3 Å². The quantitative estimate of drug-likeness (QED) is 0.696. The molecule has 1 aliphatic heterocycles. The molecule has 0 amide bonds. The van der Waals surface area contributed by atoms with Crippen LogP contribution in [0.5, 0.6) is 0 Å². The second kappa shape index (κ2) is 4.02. The van der Waals surface area contributed by atoms with Crippen molar-refractivity contribution in [2.75, 3.05) is 19.6 Å². The Morgan fingerprint density at radius 1 is 1.29 bits per heavy atom. The number of rotatable bonds is 1. The van der Waals surface area contributed by atoms with E-state index in [9.17, 15) is 0 Å². The van der Waals surface area contributed by atoms with Gasteiger partial charge in [0.05, 0.1) is 6.04 Å². The van der Waals surface area contributed by atoms with E-state index in [4.69, 9.17) is 0 Å². The summed E-state index contributed by atoms with van der Waals surface area (Å²) in [6.07, 6.45) is 0. The first-order chi connectivity index (χ1) is 6.75. The maximum Gasteiger partial charge on any atom is 0.148 e. The molecule has 1 fully saturated rings. The van der Waals surface area contributed by atoms with E-state index in [1.54, 1.807) is 0 Å². The first kappa shape index (κ1) is 9.55. The van der Waals surface area contributed by atoms with Crippen LogP contribution in [-0.2, 0) is 0 Å². The molecule has 1 radical (unpaired) electrons. The lowest BCUT2D eigenvalue weighted by Crippen LogP contribution is -2.39. The molecule has 75 valence electrons. The molecule has 4 nitrogen and oxygen atoms in total. The van der Waals surface area contributed by atoms with E-state index in [0.717, 1.165) is 36.8 Å². The number of nitrogens with zero attached hydrogens (tertiary/aromatic N) is 3. The van der Waals surface area contributed by atoms with E-state index in [-0.39, 0.29) is 6.04 Å². The van der Waals surface area contributed by atoms with Crippen molar-refractivity contribution >= 4 is 0 Å². The summed E-state index contributed by atoms with van der Waals surface area (Å²) in [6.45, 7) is 6.69. The molecule has 0 saturated carbocycles. The molecule has 4 heteroatoms. The van der Waals surface area contributed by atoms with Gasteiger partial charge in [-0.2, -0.15) is 0 Å². The molecule has 1 aliphatic rings. The SMILES string of the molecule is Cc1cc(C)nc(C2CNCC[N]2)n1. The Kier molecular flexibility index (Phi) is 2.74. The minimum absolute atomic E-state index is 0.141. The van der Waals surface area contributed by atoms with Gasteiger partial charge < -0.3 is 5.32 Å². The van der Waals surface area contributed by atoms with Crippen LogP contribution in [0.25, 0.3) is 0 Å². The summed E-state index contributed by atoms with van der Waals surface area (Å²) >= 11 is 0. The van der Waals surface area contributed by atoms with Gasteiger partial charge in [0.2, 0.25) is 0 Å². The van der Waals surface area contributed by atoms with Crippen molar-refractivity contribution in [3.05, 3.63) is 23.3 Å². The lowest BCUT2D eigenvalue weighted by atomic mass is 10.2. The molecule has 1 aromatic heterocycles. The number of piperazine rings is 1. The second-order valence-corrected chi connectivity index (χ2v) is 3.64. The van der Waals surface area contributed by atoms with Crippen LogP contribution < -0.4 is 10.6 Å². The lowest BCUT2D eigenvalue weighted by molar-refractivity contribution is 0.405. The standard InChI is InChI=1S/C10H15N4/c1-7-5-8(2)14-10(13-7)9-6-11-3-4-12-9/h5,9,11H,3-4,6H2,1-2H3. The molecule has 2 rings (SSSR count). The Balaban J connectivity index is 2.21. The monoisotopic (exact) mass is 191 g/mol. The summed E-state index contributed by atoms with van der Waals surface area (Å²) in [5.41, 5.74) is 2.04. The molecule has 1 unspecified atom stereocenters. The van der Waals surface area contributed by atoms with Crippen molar-refractivity contribution in [3.8, 4) is 0 Å². The van der Waals surface area contributed by atoms with Gasteiger partial charge in [-0.05, 0) is 19.9 Å². The van der Waals surface area contributed by atoms with Crippen molar-refractivity contribution in [3.63, 3.8) is 0 Å². The van der Waals surface area contributed by atoms with Crippen LogP contribution in [0.2, 0.25) is 0 Å². The van der Waals surface area contributed by atoms with Crippen molar-refractivity contribution in [2.45, 2.75) is 19.9 Å². The normalized spacial score (nSPS) is 22.3. The Bertz CT molecular complexity index is 298. The molecule has 1 aromatic rings. The Hall–Kier alpha value is -1.00. The smallest absolute Gasteiger partial charge is 0.148 e. The summed E-state index contributed by atoms with van der Waals surface area (Å²) in [7, 11) is 0. The van der Waals surface area contributed by atoms with Crippen molar-refractivity contribution in [1.82, 2.24) is 20.6 Å². The minimum atomic E-state index is 0.141. The highest BCUT2D eigenvalue weighted by Gasteiger charge is 2.18. The Labute approximate surface area is 84.2 Å². The summed E-state index contributed by atoms with van der Waals surface area (Å²) in [5.74, 6) is 0.856. The molecule has 1 atom stereocenters. The topological polar surface area (TPSA) is 51.9 Å². The largest absolute Gasteiger partial charge is 0.313 e. The Morgan fingerprint density at radius 2 is 2.00 bits per heavy atom. The number of hydrogen-bond acceptors (Lipinski definition) is 3. The van der Waals surface area contributed by atoms with E-state index < -0.39 is 0 Å². The molecule has 1 N–H and O–H groups in total. The first-order valence-electron chi connectivity index (χ1n) is 4.95. The maximum absolute atomic E-state index is 4.49. The zero-order chi connectivity index (χ0) is 9.97. The van der Waals surface area contributed by atoms with Gasteiger partial charge in [0.15, 0.2) is 0 Å². The third-order valence-corrected chi connectivity index (χ3v) is 2.27. The van der Waals surface area contributed by atoms with E-state index >= 15 is 0 Å². The van der Waals surface area contributed by atoms with Crippen molar-refractivity contribution in [1.29, 1.82) is 0 Å². The zero-order valence-corrected chi connectivity index (χ0v) is 8.62. The van der Waals surface area contributed by atoms with Gasteiger partial charge >= 0.3 is 0 Å². The molecule has 0 aliphatic carbocycles. The van der Waals surface area contributed by atoms with Crippen LogP contribution in [0.15, 0.2) is 6.07 Å². The molecule has 14 heavy (non-hydrogen) atoms. The minimum Gasteiger partial charge on any atom is -0.313 e. The van der Waals surface area contributed by atoms with Crippen LogP contribution in [0.4, 0.5) is 0 Å². The fraction of sp³-hybridized carbons (Fsp3) is 0.600. The molecular weight excluding hydrogens is 176 g/mol. The highest BCUT2D eigenvalue weighted by Crippen LogP contribution is 2.11. The van der Waals surface area contributed by atoms with Crippen LogP contribution in [-0.4, -0.2) is 29.6 Å². The van der Waals surface area contributed by atoms with E-state index in [0.29, 0.717) is 0 Å². The highest BCUT2D eigenvalue weighted by atomic mass is 15.1. The van der Waals surface area contributed by atoms with Gasteiger partial charge in [-0.15, -0.1) is 0 Å². The summed E-state index contributed by atoms with van der Waals surface area (Å²) < 4.78 is 0. The van der Waals surface area contributed by atoms with Gasteiger partial charge in [0.1, 0.15) is 5.82 Å². The van der Waals surface area contributed by atoms with Gasteiger partial charge in [0.25, 0.3) is 0 Å². The van der Waals surface area contributed by atoms with Crippen LogP contribution in [0.3, 0.4) is 0 Å². The summed E-state index contributed by atoms with van der Waals surface area (Å²) in [5, 5.41) is 7.79. The summed E-state index contributed by atoms with van der Waals surface area (Å²) in [6, 6.07) is 2.13. The third kappa shape index (κ3) is 2.08. The fourth-order valence-electron chi connectivity index (χ4n) is 1.68. The van der Waals surface area contributed by atoms with E-state index in [1.807, 2.05) is 19.9 Å².